The van der Waals surface area contributed by atoms with Crippen molar-refractivity contribution in [2.24, 2.45) is 0 Å². The third-order valence-electron chi connectivity index (χ3n) is 8.63. The molecule has 1 aliphatic rings. The van der Waals surface area contributed by atoms with Gasteiger partial charge in [-0.1, -0.05) is 84.0 Å². The topological polar surface area (TPSA) is 122 Å². The highest BCUT2D eigenvalue weighted by Crippen LogP contribution is 2.22. The van der Waals surface area contributed by atoms with E-state index in [0.29, 0.717) is 0 Å². The van der Waals surface area contributed by atoms with Crippen LogP contribution in [0.1, 0.15) is 35.1 Å². The number of benzene rings is 4. The number of aryl methyl sites for hydroxylation is 2. The number of nitrogens with zero attached hydrogens (tertiary/aromatic N) is 2. The van der Waals surface area contributed by atoms with Crippen LogP contribution in [-0.4, -0.2) is 25.9 Å². The Bertz CT molecular complexity index is 2350. The molecule has 0 amide bonds. The van der Waals surface area contributed by atoms with E-state index in [0.717, 1.165) is 24.0 Å². The van der Waals surface area contributed by atoms with Crippen molar-refractivity contribution in [3.63, 3.8) is 0 Å². The van der Waals surface area contributed by atoms with Gasteiger partial charge in [-0.3, -0.25) is 0 Å². The van der Waals surface area contributed by atoms with E-state index in [1.165, 1.54) is 57.9 Å². The van der Waals surface area contributed by atoms with Crippen LogP contribution in [0, 0.1) is 13.8 Å². The Morgan fingerprint density at radius 2 is 0.768 bits per heavy atom. The van der Waals surface area contributed by atoms with Gasteiger partial charge in [-0.2, -0.15) is 9.13 Å². The Morgan fingerprint density at radius 3 is 1.05 bits per heavy atom. The van der Waals surface area contributed by atoms with Gasteiger partial charge < -0.3 is 9.11 Å². The number of rotatable bonds is 8. The number of hydrogen-bond acceptors (Lipinski definition) is 6. The van der Waals surface area contributed by atoms with E-state index < -0.39 is 20.2 Å². The van der Waals surface area contributed by atoms with Gasteiger partial charge in [-0.25, -0.2) is 16.8 Å². The Balaban J connectivity index is 0.000000222. The van der Waals surface area contributed by atoms with Crippen LogP contribution in [0.3, 0.4) is 0 Å². The lowest BCUT2D eigenvalue weighted by Crippen LogP contribution is -2.28. The fraction of sp³-hybridized carbons (Fsp3) is 0.0870. The first-order valence-corrected chi connectivity index (χ1v) is 20.6. The van der Waals surface area contributed by atoms with Crippen LogP contribution in [0.15, 0.2) is 203 Å². The number of pyridine rings is 2. The number of aromatic nitrogens is 2. The van der Waals surface area contributed by atoms with Crippen LogP contribution in [-0.2, 0) is 20.2 Å². The van der Waals surface area contributed by atoms with Crippen molar-refractivity contribution in [2.75, 3.05) is 0 Å². The molecule has 4 aromatic carbocycles. The third kappa shape index (κ3) is 13.1. The van der Waals surface area contributed by atoms with E-state index in [1.54, 1.807) is 24.3 Å². The molecular formula is C46H42N2O6S2. The molecule has 2 heterocycles. The minimum atomic E-state index is -4.27. The van der Waals surface area contributed by atoms with Crippen LogP contribution < -0.4 is 9.13 Å². The maximum atomic E-state index is 10.4. The van der Waals surface area contributed by atoms with E-state index in [9.17, 15) is 25.9 Å². The average molecular weight is 783 g/mol. The summed E-state index contributed by atoms with van der Waals surface area (Å²) in [4.78, 5) is -0.355. The molecule has 0 fully saturated rings. The second-order valence-electron chi connectivity index (χ2n) is 12.9. The van der Waals surface area contributed by atoms with Crippen LogP contribution in [0.25, 0.3) is 23.5 Å². The fourth-order valence-corrected chi connectivity index (χ4v) is 6.36. The first-order valence-electron chi connectivity index (χ1n) is 17.8. The Kier molecular flexibility index (Phi) is 14.3. The lowest BCUT2D eigenvalue weighted by atomic mass is 9.97. The fourth-order valence-electron chi connectivity index (χ4n) is 5.42. The molecule has 0 N–H and O–H groups in total. The summed E-state index contributed by atoms with van der Waals surface area (Å²) in [6, 6.07) is 41.1. The molecule has 0 saturated carbocycles. The van der Waals surface area contributed by atoms with Crippen molar-refractivity contribution in [3.8, 4) is 11.4 Å². The SMILES string of the molecule is C1=C(/C=C/c2ccc(-[n+]3ccccc3)cc2)CCC(/C=C/c2ccc(-[n+]3ccccc3)cc2)=C1.Cc1ccc(S(=O)(=O)[O-])cc1.Cc1ccc(S(=O)(=O)[O-])cc1. The lowest BCUT2D eigenvalue weighted by Gasteiger charge is -2.09. The summed E-state index contributed by atoms with van der Waals surface area (Å²) in [7, 11) is -8.54. The number of allylic oxidation sites excluding steroid dienone is 6. The van der Waals surface area contributed by atoms with Gasteiger partial charge >= 0.3 is 0 Å². The standard InChI is InChI=1S/C32H28N2.2C7H8O3S/c1-3-23-33(24-4-1)31-19-15-29(16-20-31)13-11-27-7-9-28(10-8-27)12-14-30-17-21-32(22-18-30)34-25-5-2-6-26-34;2*1-6-2-4-7(5-3-6)11(8,9)10/h1-7,9,11-26H,8,10H2;2*2-5H,1H3,(H,8,9,10)/q+2;;/p-2/b13-11+,14-12+;;. The van der Waals surface area contributed by atoms with Gasteiger partial charge in [0, 0.05) is 48.5 Å². The van der Waals surface area contributed by atoms with Crippen molar-refractivity contribution in [1.82, 2.24) is 0 Å². The molecule has 1 aliphatic carbocycles. The van der Waals surface area contributed by atoms with Gasteiger partial charge in [0.15, 0.2) is 24.8 Å². The molecular weight excluding hydrogens is 741 g/mol. The molecule has 0 bridgehead atoms. The van der Waals surface area contributed by atoms with E-state index in [4.69, 9.17) is 0 Å². The molecule has 0 spiro atoms. The van der Waals surface area contributed by atoms with Crippen LogP contribution in [0.4, 0.5) is 0 Å². The Hall–Kier alpha value is -6.04. The second kappa shape index (κ2) is 19.5. The second-order valence-corrected chi connectivity index (χ2v) is 15.7. The van der Waals surface area contributed by atoms with Gasteiger partial charge in [-0.05, 0) is 97.5 Å². The third-order valence-corrected chi connectivity index (χ3v) is 10.3. The molecule has 2 aromatic heterocycles. The predicted molar refractivity (Wildman–Crippen MR) is 218 cm³/mol. The molecule has 0 unspecified atom stereocenters. The smallest absolute Gasteiger partial charge is 0.210 e. The van der Waals surface area contributed by atoms with Crippen molar-refractivity contribution in [3.05, 3.63) is 216 Å². The molecule has 0 atom stereocenters. The van der Waals surface area contributed by atoms with Gasteiger partial charge in [0.1, 0.15) is 20.2 Å². The maximum Gasteiger partial charge on any atom is 0.210 e. The quantitative estimate of drug-likeness (QED) is 0.113. The van der Waals surface area contributed by atoms with Crippen LogP contribution in [0.5, 0.6) is 0 Å². The predicted octanol–water partition coefficient (Wildman–Crippen LogP) is 8.41. The van der Waals surface area contributed by atoms with Crippen molar-refractivity contribution in [1.29, 1.82) is 0 Å². The van der Waals surface area contributed by atoms with Crippen molar-refractivity contribution >= 4 is 32.4 Å². The monoisotopic (exact) mass is 782 g/mol. The molecule has 56 heavy (non-hydrogen) atoms. The van der Waals surface area contributed by atoms with Gasteiger partial charge in [-0.15, -0.1) is 0 Å². The van der Waals surface area contributed by atoms with Gasteiger partial charge in [0.2, 0.25) is 11.4 Å². The summed E-state index contributed by atoms with van der Waals surface area (Å²) >= 11 is 0. The number of hydrogen-bond donors (Lipinski definition) is 0. The molecule has 7 rings (SSSR count). The van der Waals surface area contributed by atoms with Crippen molar-refractivity contribution < 1.29 is 35.1 Å². The highest BCUT2D eigenvalue weighted by Gasteiger charge is 2.06. The molecule has 6 aromatic rings. The minimum Gasteiger partial charge on any atom is -0.744 e. The Morgan fingerprint density at radius 1 is 0.446 bits per heavy atom. The molecule has 0 aliphatic heterocycles. The summed E-state index contributed by atoms with van der Waals surface area (Å²) in [5, 5.41) is 0. The molecule has 10 heteroatoms. The highest BCUT2D eigenvalue weighted by molar-refractivity contribution is 7.86. The van der Waals surface area contributed by atoms with Gasteiger partial charge in [0.25, 0.3) is 0 Å². The summed E-state index contributed by atoms with van der Waals surface area (Å²) < 4.78 is 66.6. The molecule has 284 valence electrons. The lowest BCUT2D eigenvalue weighted by molar-refractivity contribution is -0.596. The van der Waals surface area contributed by atoms with E-state index in [2.05, 4.69) is 119 Å². The summed E-state index contributed by atoms with van der Waals surface area (Å²) in [5.41, 5.74) is 9.35. The highest BCUT2D eigenvalue weighted by atomic mass is 32.2. The first kappa shape index (κ1) is 41.1. The maximum absolute atomic E-state index is 10.4. The van der Waals surface area contributed by atoms with E-state index in [1.807, 2.05) is 50.2 Å². The normalized spacial score (nSPS) is 12.9. The largest absolute Gasteiger partial charge is 0.744 e. The van der Waals surface area contributed by atoms with E-state index in [-0.39, 0.29) is 9.79 Å². The zero-order chi connectivity index (χ0) is 40.0. The molecule has 8 nitrogen and oxygen atoms in total. The molecule has 0 radical (unpaired) electrons. The first-order chi connectivity index (χ1) is 26.8. The zero-order valence-electron chi connectivity index (χ0n) is 31.0. The summed E-state index contributed by atoms with van der Waals surface area (Å²) in [6.45, 7) is 3.64. The van der Waals surface area contributed by atoms with E-state index >= 15 is 0 Å². The van der Waals surface area contributed by atoms with Crippen LogP contribution >= 0.6 is 0 Å². The summed E-state index contributed by atoms with van der Waals surface area (Å²) in [6.07, 6.45) is 23.7. The average Bonchev–Trinajstić information content (AvgIpc) is 3.21. The zero-order valence-corrected chi connectivity index (χ0v) is 32.7. The van der Waals surface area contributed by atoms with Crippen LogP contribution in [0.2, 0.25) is 0 Å². The minimum absolute atomic E-state index is 0.178. The summed E-state index contributed by atoms with van der Waals surface area (Å²) in [5.74, 6) is 0. The Labute approximate surface area is 329 Å². The van der Waals surface area contributed by atoms with Crippen molar-refractivity contribution in [2.45, 2.75) is 36.5 Å². The van der Waals surface area contributed by atoms with Gasteiger partial charge in [0.05, 0.1) is 9.79 Å². The molecule has 0 saturated heterocycles.